The molecule has 1 saturated carbocycles. The fourth-order valence-electron chi connectivity index (χ4n) is 4.67. The summed E-state index contributed by atoms with van der Waals surface area (Å²) >= 11 is 0. The van der Waals surface area contributed by atoms with Crippen molar-refractivity contribution in [1.29, 1.82) is 5.26 Å². The molecule has 0 spiro atoms. The largest absolute Gasteiger partial charge is 0.375 e. The average Bonchev–Trinajstić information content (AvgIpc) is 2.68. The number of rotatable bonds is 6. The van der Waals surface area contributed by atoms with Crippen molar-refractivity contribution in [2.75, 3.05) is 13.7 Å². The van der Waals surface area contributed by atoms with Crippen molar-refractivity contribution in [1.82, 2.24) is 21.3 Å². The maximum Gasteiger partial charge on any atom is 0.248 e. The van der Waals surface area contributed by atoms with E-state index >= 15 is 0 Å². The van der Waals surface area contributed by atoms with Crippen LogP contribution in [0.4, 0.5) is 0 Å². The van der Waals surface area contributed by atoms with Crippen molar-refractivity contribution in [2.45, 2.75) is 77.3 Å². The molecule has 8 heteroatoms. The number of carbonyl (C=O) groups excluding carboxylic acids is 1. The molecule has 8 nitrogen and oxygen atoms in total. The van der Waals surface area contributed by atoms with Crippen LogP contribution < -0.4 is 21.3 Å². The van der Waals surface area contributed by atoms with Gasteiger partial charge in [0.2, 0.25) is 5.91 Å². The standard InChI is InChI=1S/C21H35N5O3/c1-11(2)29-18-8-17-14(6-12(18)3)7-16(19(27)25-17)13(4)24-21-23-10-15(9-22)20(26-21)28-5/h7,11-15,17-18,20-21,23-24,26H,6,8,10H2,1-5H3,(H,25,27)/t12?,13-,14?,15?,17?,18?,20?,21?/m0/s1. The lowest BCUT2D eigenvalue weighted by Gasteiger charge is -2.43. The van der Waals surface area contributed by atoms with Gasteiger partial charge in [-0.25, -0.2) is 0 Å². The fraction of sp³-hybridized carbons (Fsp3) is 0.810. The van der Waals surface area contributed by atoms with E-state index in [1.807, 2.05) is 6.92 Å². The Morgan fingerprint density at radius 1 is 1.31 bits per heavy atom. The highest BCUT2D eigenvalue weighted by Gasteiger charge is 2.40. The van der Waals surface area contributed by atoms with E-state index in [9.17, 15) is 10.1 Å². The topological polar surface area (TPSA) is 107 Å². The number of amides is 1. The Hall–Kier alpha value is -1.50. The number of carbonyl (C=O) groups is 1. The highest BCUT2D eigenvalue weighted by Crippen LogP contribution is 2.35. The van der Waals surface area contributed by atoms with Crippen LogP contribution in [-0.2, 0) is 14.3 Å². The molecule has 2 aliphatic heterocycles. The lowest BCUT2D eigenvalue weighted by molar-refractivity contribution is -0.121. The first kappa shape index (κ1) is 22.2. The lowest BCUT2D eigenvalue weighted by Crippen LogP contribution is -2.66. The van der Waals surface area contributed by atoms with Crippen LogP contribution in [0.5, 0.6) is 0 Å². The highest BCUT2D eigenvalue weighted by molar-refractivity contribution is 5.95. The molecule has 162 valence electrons. The monoisotopic (exact) mass is 405 g/mol. The van der Waals surface area contributed by atoms with Gasteiger partial charge < -0.3 is 14.8 Å². The smallest absolute Gasteiger partial charge is 0.248 e. The van der Waals surface area contributed by atoms with Crippen LogP contribution in [0.1, 0.15) is 40.5 Å². The van der Waals surface area contributed by atoms with Gasteiger partial charge in [0.1, 0.15) is 12.5 Å². The van der Waals surface area contributed by atoms with Crippen LogP contribution in [0.3, 0.4) is 0 Å². The maximum atomic E-state index is 12.8. The molecule has 1 amide bonds. The zero-order chi connectivity index (χ0) is 21.1. The Labute approximate surface area is 173 Å². The summed E-state index contributed by atoms with van der Waals surface area (Å²) in [5.41, 5.74) is 0.765. The van der Waals surface area contributed by atoms with Crippen LogP contribution >= 0.6 is 0 Å². The van der Waals surface area contributed by atoms with Gasteiger partial charge in [-0.05, 0) is 45.4 Å². The molecule has 4 N–H and O–H groups in total. The van der Waals surface area contributed by atoms with E-state index in [-0.39, 0.29) is 48.6 Å². The number of hydrogen-bond acceptors (Lipinski definition) is 7. The Morgan fingerprint density at radius 3 is 2.72 bits per heavy atom. The summed E-state index contributed by atoms with van der Waals surface area (Å²) in [6.07, 6.45) is 3.82. The van der Waals surface area contributed by atoms with E-state index in [2.05, 4.69) is 54.2 Å². The summed E-state index contributed by atoms with van der Waals surface area (Å²) < 4.78 is 11.4. The Morgan fingerprint density at radius 2 is 2.07 bits per heavy atom. The number of ether oxygens (including phenoxy) is 2. The third kappa shape index (κ3) is 5.16. The summed E-state index contributed by atoms with van der Waals surface area (Å²) in [6.45, 7) is 8.87. The van der Waals surface area contributed by atoms with Gasteiger partial charge in [0, 0.05) is 31.3 Å². The van der Waals surface area contributed by atoms with E-state index in [1.165, 1.54) is 0 Å². The van der Waals surface area contributed by atoms with Crippen LogP contribution in [-0.4, -0.2) is 56.4 Å². The number of hydrogen-bond donors (Lipinski definition) is 4. The van der Waals surface area contributed by atoms with Gasteiger partial charge in [-0.2, -0.15) is 5.26 Å². The summed E-state index contributed by atoms with van der Waals surface area (Å²) in [5.74, 6) is 0.520. The van der Waals surface area contributed by atoms with Crippen molar-refractivity contribution < 1.29 is 14.3 Å². The molecule has 2 fully saturated rings. The van der Waals surface area contributed by atoms with Crippen LogP contribution in [0.25, 0.3) is 0 Å². The second-order valence-corrected chi connectivity index (χ2v) is 8.83. The molecular formula is C21H35N5O3. The third-order valence-corrected chi connectivity index (χ3v) is 6.24. The molecular weight excluding hydrogens is 370 g/mol. The van der Waals surface area contributed by atoms with E-state index in [1.54, 1.807) is 7.11 Å². The Bertz CT molecular complexity index is 661. The molecule has 8 atom stereocenters. The molecule has 0 aromatic carbocycles. The van der Waals surface area contributed by atoms with Gasteiger partial charge in [-0.15, -0.1) is 0 Å². The zero-order valence-corrected chi connectivity index (χ0v) is 18.1. The minimum Gasteiger partial charge on any atom is -0.375 e. The van der Waals surface area contributed by atoms with Crippen molar-refractivity contribution in [2.24, 2.45) is 17.8 Å². The second-order valence-electron chi connectivity index (χ2n) is 8.83. The Kier molecular flexibility index (Phi) is 7.30. The summed E-state index contributed by atoms with van der Waals surface area (Å²) in [4.78, 5) is 12.8. The van der Waals surface area contributed by atoms with Gasteiger partial charge in [-0.1, -0.05) is 13.0 Å². The SMILES string of the molecule is COC1NC(N[C@@H](C)C2=CC3CC(C)C(OC(C)C)CC3NC2=O)NCC1C#N. The van der Waals surface area contributed by atoms with Crippen LogP contribution in [0, 0.1) is 29.1 Å². The van der Waals surface area contributed by atoms with E-state index in [4.69, 9.17) is 9.47 Å². The molecule has 2 heterocycles. The van der Waals surface area contributed by atoms with Crippen molar-refractivity contribution >= 4 is 5.91 Å². The van der Waals surface area contributed by atoms with E-state index < -0.39 is 0 Å². The maximum absolute atomic E-state index is 12.8. The van der Waals surface area contributed by atoms with Crippen molar-refractivity contribution in [3.63, 3.8) is 0 Å². The normalized spacial score (nSPS) is 38.6. The zero-order valence-electron chi connectivity index (χ0n) is 18.1. The number of nitriles is 1. The number of nitrogens with zero attached hydrogens (tertiary/aromatic N) is 1. The van der Waals surface area contributed by atoms with Gasteiger partial charge in [-0.3, -0.25) is 20.7 Å². The molecule has 0 aromatic heterocycles. The van der Waals surface area contributed by atoms with Crippen LogP contribution in [0.2, 0.25) is 0 Å². The van der Waals surface area contributed by atoms with E-state index in [0.29, 0.717) is 18.4 Å². The predicted octanol–water partition coefficient (Wildman–Crippen LogP) is 0.818. The molecule has 3 aliphatic rings. The second kappa shape index (κ2) is 9.54. The molecule has 0 bridgehead atoms. The van der Waals surface area contributed by atoms with E-state index in [0.717, 1.165) is 18.4 Å². The summed E-state index contributed by atoms with van der Waals surface area (Å²) in [5, 5.41) is 22.3. The number of fused-ring (bicyclic) bond motifs is 1. The summed E-state index contributed by atoms with van der Waals surface area (Å²) in [6, 6.07) is 2.23. The quantitative estimate of drug-likeness (QED) is 0.518. The van der Waals surface area contributed by atoms with Gasteiger partial charge >= 0.3 is 0 Å². The molecule has 1 aliphatic carbocycles. The van der Waals surface area contributed by atoms with Gasteiger partial charge in [0.05, 0.1) is 24.2 Å². The molecule has 7 unspecified atom stereocenters. The minimum atomic E-state index is -0.346. The highest BCUT2D eigenvalue weighted by atomic mass is 16.5. The fourth-order valence-corrected chi connectivity index (χ4v) is 4.67. The molecule has 0 aromatic rings. The minimum absolute atomic E-state index is 0.0156. The lowest BCUT2D eigenvalue weighted by atomic mass is 9.74. The third-order valence-electron chi connectivity index (χ3n) is 6.24. The number of methoxy groups -OCH3 is 1. The average molecular weight is 406 g/mol. The van der Waals surface area contributed by atoms with Crippen LogP contribution in [0.15, 0.2) is 11.6 Å². The molecule has 0 radical (unpaired) electrons. The first-order chi connectivity index (χ1) is 13.8. The molecule has 1 saturated heterocycles. The summed E-state index contributed by atoms with van der Waals surface area (Å²) in [7, 11) is 1.59. The Balaban J connectivity index is 1.62. The first-order valence-corrected chi connectivity index (χ1v) is 10.7. The molecule has 3 rings (SSSR count). The predicted molar refractivity (Wildman–Crippen MR) is 109 cm³/mol. The molecule has 29 heavy (non-hydrogen) atoms. The van der Waals surface area contributed by atoms with Gasteiger partial charge in [0.25, 0.3) is 0 Å². The number of nitrogens with one attached hydrogen (secondary N) is 4. The van der Waals surface area contributed by atoms with Crippen molar-refractivity contribution in [3.8, 4) is 6.07 Å². The van der Waals surface area contributed by atoms with Gasteiger partial charge in [0.15, 0.2) is 0 Å². The first-order valence-electron chi connectivity index (χ1n) is 10.7. The van der Waals surface area contributed by atoms with Crippen molar-refractivity contribution in [3.05, 3.63) is 11.6 Å².